The van der Waals surface area contributed by atoms with Crippen molar-refractivity contribution in [2.24, 2.45) is 0 Å². The zero-order valence-corrected chi connectivity index (χ0v) is 21.5. The summed E-state index contributed by atoms with van der Waals surface area (Å²) in [5.41, 5.74) is 7.83. The second-order valence-electron chi connectivity index (χ2n) is 10.5. The Balaban J connectivity index is 1.31. The first kappa shape index (κ1) is 21.5. The molecule has 0 aliphatic carbocycles. The first-order valence-corrected chi connectivity index (χ1v) is 13.6. The average Bonchev–Trinajstić information content (AvgIpc) is 3.53. The average molecular weight is 511 g/mol. The van der Waals surface area contributed by atoms with E-state index in [4.69, 9.17) is 0 Å². The van der Waals surface area contributed by atoms with Crippen LogP contribution in [0.2, 0.25) is 0 Å². The third kappa shape index (κ3) is 2.76. The van der Waals surface area contributed by atoms with E-state index >= 15 is 0 Å². The van der Waals surface area contributed by atoms with Gasteiger partial charge in [0.2, 0.25) is 0 Å². The third-order valence-corrected chi connectivity index (χ3v) is 8.46. The standard InChI is InChI=1S/C37H22N2O/c40-37-30-13-2-1-9-26(30)31-21-24(22-32-29-12-5-8-16-35(29)39(37)36(31)32)23-17-19-25(20-18-23)38-33-14-6-3-10-27(33)28-11-4-7-15-34(28)38/h1-22H. The van der Waals surface area contributed by atoms with E-state index in [-0.39, 0.29) is 5.56 Å². The van der Waals surface area contributed by atoms with E-state index < -0.39 is 0 Å². The van der Waals surface area contributed by atoms with Gasteiger partial charge in [-0.25, -0.2) is 0 Å². The zero-order valence-electron chi connectivity index (χ0n) is 21.5. The highest BCUT2D eigenvalue weighted by Gasteiger charge is 2.18. The van der Waals surface area contributed by atoms with Gasteiger partial charge in [0.1, 0.15) is 0 Å². The lowest BCUT2D eigenvalue weighted by Crippen LogP contribution is -2.12. The first-order valence-electron chi connectivity index (χ1n) is 13.6. The fourth-order valence-corrected chi connectivity index (χ4v) is 6.71. The molecule has 0 atom stereocenters. The number of aromatic nitrogens is 2. The fourth-order valence-electron chi connectivity index (χ4n) is 6.71. The molecule has 3 nitrogen and oxygen atoms in total. The number of pyridine rings is 1. The Kier molecular flexibility index (Phi) is 4.20. The molecule has 40 heavy (non-hydrogen) atoms. The lowest BCUT2D eigenvalue weighted by atomic mass is 9.97. The lowest BCUT2D eigenvalue weighted by molar-refractivity contribution is 1.18. The number of rotatable bonds is 2. The normalized spacial score (nSPS) is 12.1. The van der Waals surface area contributed by atoms with Gasteiger partial charge in [0, 0.05) is 38.0 Å². The van der Waals surface area contributed by atoms with Gasteiger partial charge in [-0.1, -0.05) is 84.9 Å². The van der Waals surface area contributed by atoms with Gasteiger partial charge >= 0.3 is 0 Å². The van der Waals surface area contributed by atoms with Crippen LogP contribution in [0.1, 0.15) is 0 Å². The highest BCUT2D eigenvalue weighted by Crippen LogP contribution is 2.38. The lowest BCUT2D eigenvalue weighted by Gasteiger charge is -2.11. The van der Waals surface area contributed by atoms with Crippen LogP contribution in [0.3, 0.4) is 0 Å². The topological polar surface area (TPSA) is 26.4 Å². The summed E-state index contributed by atoms with van der Waals surface area (Å²) in [6.45, 7) is 0. The number of para-hydroxylation sites is 3. The van der Waals surface area contributed by atoms with Crippen LogP contribution >= 0.6 is 0 Å². The van der Waals surface area contributed by atoms with Gasteiger partial charge in [0.25, 0.3) is 5.56 Å². The highest BCUT2D eigenvalue weighted by atomic mass is 16.1. The molecule has 0 fully saturated rings. The van der Waals surface area contributed by atoms with Crippen molar-refractivity contribution in [1.82, 2.24) is 8.97 Å². The molecule has 0 aliphatic heterocycles. The molecule has 0 radical (unpaired) electrons. The molecule has 9 rings (SSSR count). The molecule has 0 unspecified atom stereocenters. The van der Waals surface area contributed by atoms with Gasteiger partial charge in [-0.3, -0.25) is 9.20 Å². The minimum Gasteiger partial charge on any atom is -0.309 e. The van der Waals surface area contributed by atoms with Crippen LogP contribution in [0.15, 0.2) is 138 Å². The molecular formula is C37H22N2O. The Labute approximate surface area is 229 Å². The van der Waals surface area contributed by atoms with Crippen molar-refractivity contribution in [2.75, 3.05) is 0 Å². The van der Waals surface area contributed by atoms with Gasteiger partial charge in [-0.15, -0.1) is 0 Å². The molecule has 0 saturated carbocycles. The molecule has 6 aromatic carbocycles. The quantitative estimate of drug-likeness (QED) is 0.213. The highest BCUT2D eigenvalue weighted by molar-refractivity contribution is 6.21. The third-order valence-electron chi connectivity index (χ3n) is 8.46. The van der Waals surface area contributed by atoms with Crippen molar-refractivity contribution in [3.63, 3.8) is 0 Å². The van der Waals surface area contributed by atoms with E-state index in [0.29, 0.717) is 0 Å². The molecule has 186 valence electrons. The summed E-state index contributed by atoms with van der Waals surface area (Å²) in [4.78, 5) is 13.6. The smallest absolute Gasteiger partial charge is 0.263 e. The molecule has 0 spiro atoms. The van der Waals surface area contributed by atoms with Gasteiger partial charge in [0.05, 0.1) is 22.1 Å². The van der Waals surface area contributed by atoms with E-state index in [1.54, 1.807) is 0 Å². The Morgan fingerprint density at radius 2 is 0.875 bits per heavy atom. The van der Waals surface area contributed by atoms with Crippen LogP contribution in [-0.2, 0) is 0 Å². The largest absolute Gasteiger partial charge is 0.309 e. The summed E-state index contributed by atoms with van der Waals surface area (Å²) in [7, 11) is 0. The Morgan fingerprint density at radius 1 is 0.400 bits per heavy atom. The molecule has 0 N–H and O–H groups in total. The predicted molar refractivity (Wildman–Crippen MR) is 167 cm³/mol. The summed E-state index contributed by atoms with van der Waals surface area (Å²) in [6, 6.07) is 46.7. The van der Waals surface area contributed by atoms with E-state index in [9.17, 15) is 4.79 Å². The van der Waals surface area contributed by atoms with E-state index in [0.717, 1.165) is 54.8 Å². The Morgan fingerprint density at radius 3 is 1.50 bits per heavy atom. The minimum atomic E-state index is 0.0394. The Bertz CT molecular complexity index is 2440. The SMILES string of the molecule is O=c1c2ccccc2c2cc(-c3ccc(-n4c5ccccc5c5ccccc54)cc3)cc3c4ccccc4n1c23. The van der Waals surface area contributed by atoms with E-state index in [2.05, 4.69) is 108 Å². The van der Waals surface area contributed by atoms with Crippen LogP contribution in [-0.4, -0.2) is 8.97 Å². The molecule has 0 aliphatic rings. The van der Waals surface area contributed by atoms with Gasteiger partial charge in [-0.2, -0.15) is 0 Å². The summed E-state index contributed by atoms with van der Waals surface area (Å²) in [5, 5.41) is 7.58. The number of fused-ring (bicyclic) bond motifs is 8. The Hall–Kier alpha value is -5.41. The monoisotopic (exact) mass is 510 g/mol. The molecule has 0 saturated heterocycles. The number of hydrogen-bond donors (Lipinski definition) is 0. The molecule has 3 aromatic heterocycles. The molecule has 9 aromatic rings. The van der Waals surface area contributed by atoms with Crippen molar-refractivity contribution >= 4 is 59.8 Å². The first-order chi connectivity index (χ1) is 19.8. The summed E-state index contributed by atoms with van der Waals surface area (Å²) < 4.78 is 4.24. The number of hydrogen-bond acceptors (Lipinski definition) is 1. The maximum absolute atomic E-state index is 13.6. The van der Waals surface area contributed by atoms with Crippen molar-refractivity contribution in [1.29, 1.82) is 0 Å². The maximum atomic E-state index is 13.6. The second kappa shape index (κ2) is 7.81. The predicted octanol–water partition coefficient (Wildman–Crippen LogP) is 8.96. The summed E-state index contributed by atoms with van der Waals surface area (Å²) in [6.07, 6.45) is 0. The van der Waals surface area contributed by atoms with Crippen LogP contribution in [0.25, 0.3) is 76.6 Å². The summed E-state index contributed by atoms with van der Waals surface area (Å²) in [5.74, 6) is 0. The van der Waals surface area contributed by atoms with Gasteiger partial charge < -0.3 is 4.57 Å². The molecule has 0 amide bonds. The minimum absolute atomic E-state index is 0.0394. The number of benzene rings is 6. The maximum Gasteiger partial charge on any atom is 0.263 e. The van der Waals surface area contributed by atoms with Gasteiger partial charge in [0.15, 0.2) is 0 Å². The van der Waals surface area contributed by atoms with Crippen LogP contribution in [0.4, 0.5) is 0 Å². The zero-order chi connectivity index (χ0) is 26.4. The van der Waals surface area contributed by atoms with Gasteiger partial charge in [-0.05, 0) is 65.0 Å². The van der Waals surface area contributed by atoms with E-state index in [1.165, 1.54) is 21.8 Å². The fraction of sp³-hybridized carbons (Fsp3) is 0. The van der Waals surface area contributed by atoms with Crippen LogP contribution < -0.4 is 5.56 Å². The van der Waals surface area contributed by atoms with E-state index in [1.807, 2.05) is 34.7 Å². The number of nitrogens with zero attached hydrogens (tertiary/aromatic N) is 2. The van der Waals surface area contributed by atoms with Crippen LogP contribution in [0.5, 0.6) is 0 Å². The van der Waals surface area contributed by atoms with Crippen molar-refractivity contribution < 1.29 is 0 Å². The molecule has 3 heteroatoms. The molecule has 0 bridgehead atoms. The summed E-state index contributed by atoms with van der Waals surface area (Å²) >= 11 is 0. The van der Waals surface area contributed by atoms with Crippen molar-refractivity contribution in [3.05, 3.63) is 144 Å². The van der Waals surface area contributed by atoms with Crippen molar-refractivity contribution in [3.8, 4) is 16.8 Å². The molecule has 3 heterocycles. The van der Waals surface area contributed by atoms with Crippen LogP contribution in [0, 0.1) is 0 Å². The van der Waals surface area contributed by atoms with Crippen molar-refractivity contribution in [2.45, 2.75) is 0 Å². The second-order valence-corrected chi connectivity index (χ2v) is 10.5. The molecular weight excluding hydrogens is 488 g/mol.